The molecule has 0 aliphatic heterocycles. The molecule has 0 bridgehead atoms. The topological polar surface area (TPSA) is 0 Å². The Morgan fingerprint density at radius 1 is 0.929 bits per heavy atom. The van der Waals surface area contributed by atoms with E-state index in [9.17, 15) is 0 Å². The Hall–Kier alpha value is -1.34. The zero-order valence-corrected chi connectivity index (χ0v) is 8.77. The molecule has 0 nitrogen and oxygen atoms in total. The van der Waals surface area contributed by atoms with Crippen LogP contribution in [-0.4, -0.2) is 0 Å². The maximum atomic E-state index is 2.27. The molecule has 1 heteroatoms. The summed E-state index contributed by atoms with van der Waals surface area (Å²) >= 11 is 1.83. The van der Waals surface area contributed by atoms with Crippen molar-refractivity contribution in [1.29, 1.82) is 0 Å². The van der Waals surface area contributed by atoms with Gasteiger partial charge in [0.15, 0.2) is 0 Å². The first-order valence-electron chi connectivity index (χ1n) is 4.71. The Labute approximate surface area is 86.8 Å². The summed E-state index contributed by atoms with van der Waals surface area (Å²) in [5.41, 5.74) is 1.33. The van der Waals surface area contributed by atoms with Gasteiger partial charge < -0.3 is 0 Å². The van der Waals surface area contributed by atoms with Crippen molar-refractivity contribution in [3.8, 4) is 0 Å². The zero-order chi connectivity index (χ0) is 9.54. The van der Waals surface area contributed by atoms with Gasteiger partial charge in [-0.1, -0.05) is 29.8 Å². The van der Waals surface area contributed by atoms with Crippen LogP contribution in [0.4, 0.5) is 0 Å². The van der Waals surface area contributed by atoms with E-state index >= 15 is 0 Å². The van der Waals surface area contributed by atoms with E-state index in [2.05, 4.69) is 48.7 Å². The largest absolute Gasteiger partial charge is 0.143 e. The lowest BCUT2D eigenvalue weighted by molar-refractivity contribution is 1.51. The molecule has 0 aliphatic rings. The first-order valence-corrected chi connectivity index (χ1v) is 5.59. The van der Waals surface area contributed by atoms with Crippen LogP contribution in [0.15, 0.2) is 41.8 Å². The fourth-order valence-electron chi connectivity index (χ4n) is 1.86. The van der Waals surface area contributed by atoms with E-state index in [1.54, 1.807) is 0 Å². The molecule has 0 atom stereocenters. The van der Waals surface area contributed by atoms with Gasteiger partial charge in [-0.2, -0.15) is 0 Å². The average Bonchev–Trinajstić information content (AvgIpc) is 2.65. The summed E-state index contributed by atoms with van der Waals surface area (Å²) in [5, 5.41) is 6.24. The Balaban J connectivity index is 2.60. The SMILES string of the molecule is Cc1ccc2ccc3ccsc3c2c1. The van der Waals surface area contributed by atoms with E-state index in [0.29, 0.717) is 0 Å². The van der Waals surface area contributed by atoms with Crippen LogP contribution in [0.1, 0.15) is 5.56 Å². The van der Waals surface area contributed by atoms with Crippen molar-refractivity contribution in [3.05, 3.63) is 47.3 Å². The normalized spacial score (nSPS) is 11.2. The molecule has 68 valence electrons. The number of thiophene rings is 1. The molecule has 2 aromatic carbocycles. The van der Waals surface area contributed by atoms with Crippen molar-refractivity contribution in [3.63, 3.8) is 0 Å². The summed E-state index contributed by atoms with van der Waals surface area (Å²) in [6.45, 7) is 2.14. The van der Waals surface area contributed by atoms with E-state index in [4.69, 9.17) is 0 Å². The van der Waals surface area contributed by atoms with Gasteiger partial charge in [0.25, 0.3) is 0 Å². The van der Waals surface area contributed by atoms with Crippen LogP contribution < -0.4 is 0 Å². The number of hydrogen-bond acceptors (Lipinski definition) is 1. The van der Waals surface area contributed by atoms with Crippen molar-refractivity contribution in [1.82, 2.24) is 0 Å². The van der Waals surface area contributed by atoms with Gasteiger partial charge in [-0.15, -0.1) is 11.3 Å². The summed E-state index contributed by atoms with van der Waals surface area (Å²) in [7, 11) is 0. The van der Waals surface area contributed by atoms with Crippen LogP contribution in [0, 0.1) is 6.92 Å². The molecule has 0 aliphatic carbocycles. The predicted molar refractivity (Wildman–Crippen MR) is 64.1 cm³/mol. The molecular weight excluding hydrogens is 188 g/mol. The van der Waals surface area contributed by atoms with Gasteiger partial charge >= 0.3 is 0 Å². The third-order valence-electron chi connectivity index (χ3n) is 2.59. The van der Waals surface area contributed by atoms with Crippen molar-refractivity contribution in [2.24, 2.45) is 0 Å². The van der Waals surface area contributed by atoms with Gasteiger partial charge in [-0.3, -0.25) is 0 Å². The Morgan fingerprint density at radius 3 is 2.64 bits per heavy atom. The molecule has 1 heterocycles. The minimum Gasteiger partial charge on any atom is -0.143 e. The molecule has 0 amide bonds. The summed E-state index contributed by atoms with van der Waals surface area (Å²) in [6, 6.07) is 13.2. The van der Waals surface area contributed by atoms with Crippen LogP contribution >= 0.6 is 11.3 Å². The second-order valence-electron chi connectivity index (χ2n) is 3.63. The second kappa shape index (κ2) is 2.82. The van der Waals surface area contributed by atoms with Gasteiger partial charge in [-0.05, 0) is 40.6 Å². The molecular formula is C13H10S. The van der Waals surface area contributed by atoms with Crippen molar-refractivity contribution in [2.75, 3.05) is 0 Å². The fourth-order valence-corrected chi connectivity index (χ4v) is 2.79. The molecule has 0 saturated carbocycles. The van der Waals surface area contributed by atoms with E-state index in [1.807, 2.05) is 11.3 Å². The molecule has 14 heavy (non-hydrogen) atoms. The molecule has 1 aromatic heterocycles. The highest BCUT2D eigenvalue weighted by atomic mass is 32.1. The van der Waals surface area contributed by atoms with E-state index in [1.165, 1.54) is 26.4 Å². The molecule has 0 fully saturated rings. The lowest BCUT2D eigenvalue weighted by Crippen LogP contribution is -1.75. The van der Waals surface area contributed by atoms with Crippen LogP contribution in [0.25, 0.3) is 20.9 Å². The van der Waals surface area contributed by atoms with Gasteiger partial charge in [0.2, 0.25) is 0 Å². The maximum Gasteiger partial charge on any atom is 0.0421 e. The van der Waals surface area contributed by atoms with Crippen LogP contribution in [0.2, 0.25) is 0 Å². The summed E-state index contributed by atoms with van der Waals surface area (Å²) in [4.78, 5) is 0. The molecule has 0 saturated heterocycles. The minimum atomic E-state index is 1.33. The van der Waals surface area contributed by atoms with Crippen LogP contribution in [0.5, 0.6) is 0 Å². The third kappa shape index (κ3) is 1.06. The van der Waals surface area contributed by atoms with E-state index < -0.39 is 0 Å². The predicted octanol–water partition coefficient (Wildman–Crippen LogP) is 4.36. The van der Waals surface area contributed by atoms with E-state index in [-0.39, 0.29) is 0 Å². The van der Waals surface area contributed by atoms with Gasteiger partial charge in [0.1, 0.15) is 0 Å². The molecule has 3 aromatic rings. The van der Waals surface area contributed by atoms with Crippen LogP contribution in [0.3, 0.4) is 0 Å². The number of fused-ring (bicyclic) bond motifs is 3. The highest BCUT2D eigenvalue weighted by Crippen LogP contribution is 2.30. The van der Waals surface area contributed by atoms with Gasteiger partial charge in [0, 0.05) is 4.70 Å². The molecule has 0 unspecified atom stereocenters. The minimum absolute atomic E-state index is 1.33. The van der Waals surface area contributed by atoms with Crippen molar-refractivity contribution in [2.45, 2.75) is 6.92 Å². The Morgan fingerprint density at radius 2 is 1.71 bits per heavy atom. The van der Waals surface area contributed by atoms with Gasteiger partial charge in [0.05, 0.1) is 0 Å². The zero-order valence-electron chi connectivity index (χ0n) is 7.95. The highest BCUT2D eigenvalue weighted by Gasteiger charge is 2.00. The van der Waals surface area contributed by atoms with E-state index in [0.717, 1.165) is 0 Å². The highest BCUT2D eigenvalue weighted by molar-refractivity contribution is 7.18. The standard InChI is InChI=1S/C13H10S/c1-9-2-3-10-4-5-11-6-7-14-13(11)12(10)8-9/h2-8H,1H3. The Bertz CT molecular complexity index is 605. The molecule has 0 N–H and O–H groups in total. The van der Waals surface area contributed by atoms with Crippen molar-refractivity contribution < 1.29 is 0 Å². The Kier molecular flexibility index (Phi) is 1.62. The third-order valence-corrected chi connectivity index (χ3v) is 3.56. The number of aryl methyl sites for hydroxylation is 1. The quantitative estimate of drug-likeness (QED) is 0.503. The summed E-state index contributed by atoms with van der Waals surface area (Å²) in [6.07, 6.45) is 0. The summed E-state index contributed by atoms with van der Waals surface area (Å²) < 4.78 is 1.41. The number of rotatable bonds is 0. The number of hydrogen-bond donors (Lipinski definition) is 0. The second-order valence-corrected chi connectivity index (χ2v) is 4.55. The first-order chi connectivity index (χ1) is 6.84. The lowest BCUT2D eigenvalue weighted by atomic mass is 10.1. The lowest BCUT2D eigenvalue weighted by Gasteiger charge is -2.00. The van der Waals surface area contributed by atoms with Gasteiger partial charge in [-0.25, -0.2) is 0 Å². The number of benzene rings is 2. The van der Waals surface area contributed by atoms with Crippen LogP contribution in [-0.2, 0) is 0 Å². The average molecular weight is 198 g/mol. The summed E-state index contributed by atoms with van der Waals surface area (Å²) in [5.74, 6) is 0. The first kappa shape index (κ1) is 8.01. The molecule has 0 radical (unpaired) electrons. The monoisotopic (exact) mass is 198 g/mol. The fraction of sp³-hybridized carbons (Fsp3) is 0.0769. The van der Waals surface area contributed by atoms with Crippen molar-refractivity contribution >= 4 is 32.2 Å². The molecule has 0 spiro atoms. The maximum absolute atomic E-state index is 2.27. The smallest absolute Gasteiger partial charge is 0.0421 e. The molecule has 3 rings (SSSR count).